The van der Waals surface area contributed by atoms with Crippen LogP contribution < -0.4 is 8.38 Å². The second-order valence-corrected chi connectivity index (χ2v) is 1.56. The van der Waals surface area contributed by atoms with Gasteiger partial charge in [0.25, 0.3) is 0 Å². The van der Waals surface area contributed by atoms with Crippen LogP contribution in [0.5, 0.6) is 0 Å². The van der Waals surface area contributed by atoms with Crippen molar-refractivity contribution in [1.29, 1.82) is 0 Å². The zero-order chi connectivity index (χ0) is 4.50. The van der Waals surface area contributed by atoms with Crippen molar-refractivity contribution in [1.82, 2.24) is 0 Å². The molecule has 1 radical (unpaired) electrons. The fraction of sp³-hybridized carbons (Fsp3) is 0. The van der Waals surface area contributed by atoms with E-state index in [1.807, 2.05) is 0 Å². The third-order valence-corrected chi connectivity index (χ3v) is 0. The minimum absolute atomic E-state index is 0. The van der Waals surface area contributed by atoms with Gasteiger partial charge in [0.2, 0.25) is 0 Å². The Kier molecular flexibility index (Phi) is 16.4. The van der Waals surface area contributed by atoms with E-state index in [1.165, 1.54) is 0 Å². The molecule has 0 unspecified atom stereocenters. The molecule has 0 aromatic heterocycles. The van der Waals surface area contributed by atoms with Gasteiger partial charge in [0.15, 0.2) is 0 Å². The summed E-state index contributed by atoms with van der Waals surface area (Å²) in [6.45, 7) is 0. The molecule has 0 aromatic rings. The van der Waals surface area contributed by atoms with Crippen LogP contribution in [0.4, 0.5) is 0 Å². The Bertz CT molecular complexity index is 94.9. The molecule has 0 saturated heterocycles. The van der Waals surface area contributed by atoms with Crippen molar-refractivity contribution in [2.75, 3.05) is 0 Å². The summed E-state index contributed by atoms with van der Waals surface area (Å²) in [7, 11) is 0. The summed E-state index contributed by atoms with van der Waals surface area (Å²) in [6.07, 6.45) is 0. The summed E-state index contributed by atoms with van der Waals surface area (Å²) in [5, 5.41) is 0. The molecule has 0 amide bonds. The van der Waals surface area contributed by atoms with Crippen molar-refractivity contribution < 1.29 is 70.3 Å². The van der Waals surface area contributed by atoms with E-state index in [0.29, 0.717) is 0 Å². The minimum Gasteiger partial charge on any atom is 2.00 e. The predicted octanol–water partition coefficient (Wildman–Crippen LogP) is -3.00. The van der Waals surface area contributed by atoms with Gasteiger partial charge in [-0.15, -0.1) is 0 Å². The Labute approximate surface area is 113 Å². The molecule has 4 nitrogen and oxygen atoms in total. The summed E-state index contributed by atoms with van der Waals surface area (Å²) < 4.78 is 34.3. The van der Waals surface area contributed by atoms with Gasteiger partial charge in [-0.25, -0.2) is 0 Å². The number of rotatable bonds is 0. The van der Waals surface area contributed by atoms with E-state index in [9.17, 15) is 0 Å². The zero-order valence-electron chi connectivity index (χ0n) is 3.22. The average molecular weight is 351 g/mol. The molecule has 34 valence electrons. The van der Waals surface area contributed by atoms with Crippen LogP contribution in [0.1, 0.15) is 0 Å². The van der Waals surface area contributed by atoms with E-state index in [2.05, 4.69) is 0 Å². The first-order chi connectivity index (χ1) is 2.00. The second kappa shape index (κ2) is 6.98. The first-order valence-corrected chi connectivity index (χ1v) is 2.54. The zero-order valence-corrected chi connectivity index (χ0v) is 11.1. The minimum atomic E-state index is -5.62. The van der Waals surface area contributed by atoms with Crippen molar-refractivity contribution in [3.8, 4) is 0 Å². The summed E-state index contributed by atoms with van der Waals surface area (Å²) in [4.78, 5) is 0. The van der Waals surface area contributed by atoms with Gasteiger partial charge < -0.3 is 0 Å². The Hall–Kier alpha value is 2.87. The topological polar surface area (TPSA) is 80.3 Å². The fourth-order valence-corrected chi connectivity index (χ4v) is 0. The van der Waals surface area contributed by atoms with Gasteiger partial charge in [0.1, 0.15) is 0 Å². The van der Waals surface area contributed by atoms with Crippen LogP contribution in [-0.2, 0) is 21.0 Å². The Morgan fingerprint density at radius 1 is 1.14 bits per heavy atom. The molecular formula is MnNdO4Sr+3. The van der Waals surface area contributed by atoms with Gasteiger partial charge in [-0.2, -0.15) is 0 Å². The third kappa shape index (κ3) is 50.8. The fourth-order valence-electron chi connectivity index (χ4n) is 0. The summed E-state index contributed by atoms with van der Waals surface area (Å²) in [6, 6.07) is 0. The van der Waals surface area contributed by atoms with Crippen LogP contribution in [-0.4, -0.2) is 45.5 Å². The van der Waals surface area contributed by atoms with Gasteiger partial charge in [0.05, 0.1) is 0 Å². The maximum Gasteiger partial charge on any atom is 2.00 e. The maximum atomic E-state index is 8.58. The van der Waals surface area contributed by atoms with E-state index in [0.717, 1.165) is 0 Å². The molecule has 7 heavy (non-hydrogen) atoms. The normalized spacial score (nSPS) is 8.29. The molecule has 0 atom stereocenters. The molecule has 0 aliphatic heterocycles. The smallest absolute Gasteiger partial charge is 2.00 e. The third-order valence-electron chi connectivity index (χ3n) is 0. The molecule has 0 heterocycles. The summed E-state index contributed by atoms with van der Waals surface area (Å²) in [5.41, 5.74) is 0. The molecule has 0 bridgehead atoms. The van der Waals surface area contributed by atoms with E-state index in [4.69, 9.17) is 16.0 Å². The maximum absolute atomic E-state index is 8.58. The van der Waals surface area contributed by atoms with Crippen molar-refractivity contribution in [3.63, 3.8) is 0 Å². The molecule has 0 spiro atoms. The van der Waals surface area contributed by atoms with Gasteiger partial charge in [-0.1, -0.05) is 0 Å². The molecule has 0 rings (SSSR count). The Morgan fingerprint density at radius 3 is 1.14 bits per heavy atom. The second-order valence-electron chi connectivity index (χ2n) is 0.378. The van der Waals surface area contributed by atoms with Gasteiger partial charge in [-0.3, -0.25) is 0 Å². The molecule has 0 aliphatic carbocycles. The van der Waals surface area contributed by atoms with Crippen molar-refractivity contribution >= 4 is 45.5 Å². The number of hydrogen-bond donors (Lipinski definition) is 0. The molecule has 0 fully saturated rings. The molecule has 0 N–H and O–H groups in total. The van der Waals surface area contributed by atoms with E-state index >= 15 is 0 Å². The van der Waals surface area contributed by atoms with Crippen LogP contribution in [0.3, 0.4) is 0 Å². The monoisotopic (exact) mass is 349 g/mol. The van der Waals surface area contributed by atoms with Gasteiger partial charge in [-0.05, 0) is 0 Å². The van der Waals surface area contributed by atoms with Gasteiger partial charge >= 0.3 is 116 Å². The van der Waals surface area contributed by atoms with Crippen molar-refractivity contribution in [3.05, 3.63) is 0 Å². The van der Waals surface area contributed by atoms with Crippen LogP contribution >= 0.6 is 0 Å². The average Bonchev–Trinajstić information content (AvgIpc) is 0.722. The van der Waals surface area contributed by atoms with E-state index in [-0.39, 0.29) is 86.3 Å². The Balaban J connectivity index is -0.0000000800. The summed E-state index contributed by atoms with van der Waals surface area (Å²) in [5.74, 6) is 0. The van der Waals surface area contributed by atoms with Crippen LogP contribution in [0.25, 0.3) is 0 Å². The first-order valence-electron chi connectivity index (χ1n) is 0.617. The van der Waals surface area contributed by atoms with Crippen LogP contribution in [0.2, 0.25) is 0 Å². The SMILES string of the molecule is [Nd+3].[O]=[Mn](=[O])([O-])[O-].[Sr+2]. The van der Waals surface area contributed by atoms with E-state index in [1.54, 1.807) is 0 Å². The predicted molar refractivity (Wildman–Crippen MR) is 7.13 cm³/mol. The van der Waals surface area contributed by atoms with Crippen molar-refractivity contribution in [2.24, 2.45) is 0 Å². The largest absolute Gasteiger partial charge is 2.00 e. The molecular weight excluding hydrogens is 351 g/mol. The molecule has 7 heteroatoms. The summed E-state index contributed by atoms with van der Waals surface area (Å²) >= 11 is -5.62. The number of hydrogen-bond acceptors (Lipinski definition) is 4. The van der Waals surface area contributed by atoms with Crippen molar-refractivity contribution in [2.45, 2.75) is 0 Å². The quantitative estimate of drug-likeness (QED) is 0.436. The molecule has 0 aromatic carbocycles. The molecule has 0 saturated carbocycles. The standard InChI is InChI=1S/Mn.Nd.4O.Sr/q;+3;;;2*-1;+2. The van der Waals surface area contributed by atoms with Crippen LogP contribution in [0.15, 0.2) is 0 Å². The van der Waals surface area contributed by atoms with Gasteiger partial charge in [0, 0.05) is 0 Å². The Morgan fingerprint density at radius 2 is 1.14 bits per heavy atom. The first kappa shape index (κ1) is 16.5. The van der Waals surface area contributed by atoms with E-state index < -0.39 is 13.4 Å². The molecule has 0 aliphatic rings. The van der Waals surface area contributed by atoms with Crippen LogP contribution in [0, 0.1) is 40.8 Å².